The number of carbonyl (C=O) groups is 1. The molecule has 0 saturated carbocycles. The number of nitrogens with zero attached hydrogens (tertiary/aromatic N) is 1. The van der Waals surface area contributed by atoms with Gasteiger partial charge in [-0.1, -0.05) is 51.1 Å². The maximum Gasteiger partial charge on any atom is 0.241 e. The molecule has 1 amide bonds. The molecular weight excluding hydrogens is 384 g/mol. The number of hydrogen-bond acceptors (Lipinski definition) is 3. The highest BCUT2D eigenvalue weighted by molar-refractivity contribution is 7.92. The van der Waals surface area contributed by atoms with Gasteiger partial charge in [-0.15, -0.1) is 0 Å². The van der Waals surface area contributed by atoms with Gasteiger partial charge in [0.2, 0.25) is 15.9 Å². The van der Waals surface area contributed by atoms with Gasteiger partial charge < -0.3 is 5.32 Å². The second-order valence-electron chi connectivity index (χ2n) is 7.89. The molecule has 1 N–H and O–H groups in total. The topological polar surface area (TPSA) is 66.5 Å². The Kier molecular flexibility index (Phi) is 7.47. The molecule has 6 heteroatoms. The molecule has 2 rings (SSSR count). The summed E-state index contributed by atoms with van der Waals surface area (Å²) >= 11 is 0. The van der Waals surface area contributed by atoms with Gasteiger partial charge in [0.25, 0.3) is 0 Å². The smallest absolute Gasteiger partial charge is 0.241 e. The van der Waals surface area contributed by atoms with Crippen molar-refractivity contribution in [3.8, 4) is 0 Å². The number of hydrogen-bond donors (Lipinski definition) is 1. The van der Waals surface area contributed by atoms with Gasteiger partial charge in [0.05, 0.1) is 18.0 Å². The van der Waals surface area contributed by atoms with E-state index in [2.05, 4.69) is 25.2 Å². The van der Waals surface area contributed by atoms with Crippen molar-refractivity contribution in [3.63, 3.8) is 0 Å². The summed E-state index contributed by atoms with van der Waals surface area (Å²) in [4.78, 5) is 12.7. The molecule has 2 aromatic rings. The standard InChI is InChI=1S/C23H32N2O3S/c1-7-22(20-9-8-17(4)18(5)14-20)24-23(26)15-25(29(6,27)28)21-12-10-19(11-13-21)16(2)3/h8-14,16,22H,7,15H2,1-6H3,(H,24,26)/t22-/m0/s1. The summed E-state index contributed by atoms with van der Waals surface area (Å²) in [6.45, 7) is 10.00. The van der Waals surface area contributed by atoms with Crippen LogP contribution in [0.1, 0.15) is 61.4 Å². The number of nitrogens with one attached hydrogen (secondary N) is 1. The van der Waals surface area contributed by atoms with E-state index in [1.54, 1.807) is 12.1 Å². The second-order valence-corrected chi connectivity index (χ2v) is 9.79. The van der Waals surface area contributed by atoms with E-state index in [-0.39, 0.29) is 18.5 Å². The van der Waals surface area contributed by atoms with Crippen molar-refractivity contribution in [2.24, 2.45) is 0 Å². The molecule has 29 heavy (non-hydrogen) atoms. The molecule has 158 valence electrons. The van der Waals surface area contributed by atoms with Crippen molar-refractivity contribution >= 4 is 21.6 Å². The molecule has 0 aliphatic carbocycles. The first-order valence-corrected chi connectivity index (χ1v) is 11.8. The zero-order valence-corrected chi connectivity index (χ0v) is 19.0. The van der Waals surface area contributed by atoms with Crippen LogP contribution in [0.3, 0.4) is 0 Å². The Balaban J connectivity index is 2.20. The van der Waals surface area contributed by atoms with E-state index >= 15 is 0 Å². The molecule has 0 bridgehead atoms. The van der Waals surface area contributed by atoms with Gasteiger partial charge in [0.1, 0.15) is 6.54 Å². The van der Waals surface area contributed by atoms with Gasteiger partial charge in [-0.25, -0.2) is 8.42 Å². The summed E-state index contributed by atoms with van der Waals surface area (Å²) in [7, 11) is -3.59. The van der Waals surface area contributed by atoms with Gasteiger partial charge in [0, 0.05) is 0 Å². The Hall–Kier alpha value is -2.34. The molecular formula is C23H32N2O3S. The van der Waals surface area contributed by atoms with Crippen molar-refractivity contribution in [2.45, 2.75) is 53.0 Å². The molecule has 0 saturated heterocycles. The fourth-order valence-electron chi connectivity index (χ4n) is 3.20. The average Bonchev–Trinajstić information content (AvgIpc) is 2.65. The van der Waals surface area contributed by atoms with Crippen LogP contribution in [0.2, 0.25) is 0 Å². The summed E-state index contributed by atoms with van der Waals surface area (Å²) in [6.07, 6.45) is 1.84. The van der Waals surface area contributed by atoms with E-state index in [1.807, 2.05) is 45.0 Å². The van der Waals surface area contributed by atoms with Gasteiger partial charge >= 0.3 is 0 Å². The number of sulfonamides is 1. The molecule has 1 atom stereocenters. The van der Waals surface area contributed by atoms with Crippen molar-refractivity contribution in [3.05, 3.63) is 64.7 Å². The van der Waals surface area contributed by atoms with Crippen LogP contribution in [0, 0.1) is 13.8 Å². The highest BCUT2D eigenvalue weighted by Crippen LogP contribution is 2.23. The lowest BCUT2D eigenvalue weighted by Gasteiger charge is -2.24. The van der Waals surface area contributed by atoms with Crippen LogP contribution in [0.4, 0.5) is 5.69 Å². The average molecular weight is 417 g/mol. The molecule has 0 heterocycles. The van der Waals surface area contributed by atoms with Crippen molar-refractivity contribution in [1.29, 1.82) is 0 Å². The third-order valence-electron chi connectivity index (χ3n) is 5.21. The molecule has 2 aromatic carbocycles. The molecule has 0 fully saturated rings. The number of aryl methyl sites for hydroxylation is 2. The zero-order valence-electron chi connectivity index (χ0n) is 18.2. The van der Waals surface area contributed by atoms with Crippen LogP contribution in [0.5, 0.6) is 0 Å². The quantitative estimate of drug-likeness (QED) is 0.691. The van der Waals surface area contributed by atoms with Crippen molar-refractivity contribution < 1.29 is 13.2 Å². The van der Waals surface area contributed by atoms with E-state index in [0.717, 1.165) is 28.1 Å². The van der Waals surface area contributed by atoms with E-state index in [1.165, 1.54) is 11.1 Å². The molecule has 0 spiro atoms. The molecule has 0 unspecified atom stereocenters. The number of carbonyl (C=O) groups excluding carboxylic acids is 1. The highest BCUT2D eigenvalue weighted by atomic mass is 32.2. The maximum atomic E-state index is 12.7. The lowest BCUT2D eigenvalue weighted by molar-refractivity contribution is -0.120. The molecule has 0 aliphatic heterocycles. The van der Waals surface area contributed by atoms with E-state index < -0.39 is 10.0 Å². The Morgan fingerprint density at radius 1 is 1.00 bits per heavy atom. The third kappa shape index (κ3) is 6.07. The van der Waals surface area contributed by atoms with Crippen LogP contribution in [0.25, 0.3) is 0 Å². The van der Waals surface area contributed by atoms with Gasteiger partial charge in [0.15, 0.2) is 0 Å². The summed E-state index contributed by atoms with van der Waals surface area (Å²) < 4.78 is 25.8. The minimum absolute atomic E-state index is 0.161. The van der Waals surface area contributed by atoms with E-state index in [0.29, 0.717) is 11.6 Å². The van der Waals surface area contributed by atoms with Crippen LogP contribution >= 0.6 is 0 Å². The minimum Gasteiger partial charge on any atom is -0.348 e. The lowest BCUT2D eigenvalue weighted by atomic mass is 9.99. The molecule has 0 aliphatic rings. The van der Waals surface area contributed by atoms with Crippen LogP contribution in [0.15, 0.2) is 42.5 Å². The largest absolute Gasteiger partial charge is 0.348 e. The number of benzene rings is 2. The summed E-state index contributed by atoms with van der Waals surface area (Å²) in [6, 6.07) is 13.3. The van der Waals surface area contributed by atoms with Crippen LogP contribution in [-0.2, 0) is 14.8 Å². The van der Waals surface area contributed by atoms with Gasteiger partial charge in [-0.05, 0) is 60.6 Å². The molecule has 0 radical (unpaired) electrons. The minimum atomic E-state index is -3.59. The Morgan fingerprint density at radius 3 is 2.07 bits per heavy atom. The maximum absolute atomic E-state index is 12.7. The third-order valence-corrected chi connectivity index (χ3v) is 6.35. The summed E-state index contributed by atoms with van der Waals surface area (Å²) in [5.41, 5.74) is 5.00. The summed E-state index contributed by atoms with van der Waals surface area (Å²) in [5, 5.41) is 2.99. The first kappa shape index (κ1) is 22.9. The lowest BCUT2D eigenvalue weighted by Crippen LogP contribution is -2.41. The van der Waals surface area contributed by atoms with Crippen LogP contribution in [-0.4, -0.2) is 27.1 Å². The fourth-order valence-corrected chi connectivity index (χ4v) is 4.05. The number of amides is 1. The first-order valence-electron chi connectivity index (χ1n) is 9.97. The predicted molar refractivity (Wildman–Crippen MR) is 120 cm³/mol. The van der Waals surface area contributed by atoms with Gasteiger partial charge in [-0.3, -0.25) is 9.10 Å². The Labute approximate surface area is 175 Å². The van der Waals surface area contributed by atoms with E-state index in [9.17, 15) is 13.2 Å². The van der Waals surface area contributed by atoms with Crippen LogP contribution < -0.4 is 9.62 Å². The second kappa shape index (κ2) is 9.44. The van der Waals surface area contributed by atoms with Crippen molar-refractivity contribution in [1.82, 2.24) is 5.32 Å². The van der Waals surface area contributed by atoms with Crippen molar-refractivity contribution in [2.75, 3.05) is 17.1 Å². The normalized spacial score (nSPS) is 12.7. The molecule has 0 aromatic heterocycles. The number of anilines is 1. The fraction of sp³-hybridized carbons (Fsp3) is 0.435. The predicted octanol–water partition coefficient (Wildman–Crippen LogP) is 4.46. The van der Waals surface area contributed by atoms with E-state index in [4.69, 9.17) is 0 Å². The zero-order chi connectivity index (χ0) is 21.8. The molecule has 5 nitrogen and oxygen atoms in total. The highest BCUT2D eigenvalue weighted by Gasteiger charge is 2.22. The monoisotopic (exact) mass is 416 g/mol. The van der Waals surface area contributed by atoms with Gasteiger partial charge in [-0.2, -0.15) is 0 Å². The SMILES string of the molecule is CC[C@H](NC(=O)CN(c1ccc(C(C)C)cc1)S(C)(=O)=O)c1ccc(C)c(C)c1. The Bertz CT molecular complexity index is 951. The number of rotatable bonds is 8. The first-order chi connectivity index (χ1) is 13.5. The summed E-state index contributed by atoms with van der Waals surface area (Å²) in [5.74, 6) is 0.0238. The Morgan fingerprint density at radius 2 is 1.59 bits per heavy atom.